The summed E-state index contributed by atoms with van der Waals surface area (Å²) in [5.74, 6) is 0.446. The van der Waals surface area contributed by atoms with Crippen LogP contribution in [-0.2, 0) is 4.79 Å². The third kappa shape index (κ3) is 4.39. The molecule has 0 unspecified atom stereocenters. The normalized spacial score (nSPS) is 14.4. The minimum Gasteiger partial charge on any atom is -0.493 e. The van der Waals surface area contributed by atoms with Gasteiger partial charge < -0.3 is 14.5 Å². The molecule has 0 atom stereocenters. The number of amides is 1. The lowest BCUT2D eigenvalue weighted by Crippen LogP contribution is -2.49. The van der Waals surface area contributed by atoms with Gasteiger partial charge in [0.1, 0.15) is 17.4 Å². The van der Waals surface area contributed by atoms with Gasteiger partial charge in [0.15, 0.2) is 0 Å². The molecule has 31 heavy (non-hydrogen) atoms. The highest BCUT2D eigenvalue weighted by atomic mass is 16.5. The molecule has 0 bridgehead atoms. The largest absolute Gasteiger partial charge is 0.493 e. The van der Waals surface area contributed by atoms with E-state index in [2.05, 4.69) is 23.1 Å². The fraction of sp³-hybridized carbons (Fsp3) is 0.231. The highest BCUT2D eigenvalue weighted by Gasteiger charge is 2.24. The quantitative estimate of drug-likeness (QED) is 0.458. The summed E-state index contributed by atoms with van der Waals surface area (Å²) >= 11 is 0. The summed E-state index contributed by atoms with van der Waals surface area (Å²) in [6.07, 6.45) is 1.68. The maximum atomic E-state index is 13.2. The summed E-state index contributed by atoms with van der Waals surface area (Å²) in [7, 11) is 0. The second kappa shape index (κ2) is 9.36. The van der Waals surface area contributed by atoms with E-state index in [9.17, 15) is 10.1 Å². The van der Waals surface area contributed by atoms with Crippen LogP contribution in [0.5, 0.6) is 5.75 Å². The highest BCUT2D eigenvalue weighted by molar-refractivity contribution is 6.05. The van der Waals surface area contributed by atoms with Crippen molar-refractivity contribution >= 4 is 28.4 Å². The van der Waals surface area contributed by atoms with E-state index >= 15 is 0 Å². The number of rotatable bonds is 5. The van der Waals surface area contributed by atoms with Gasteiger partial charge in [-0.3, -0.25) is 4.79 Å². The molecule has 5 nitrogen and oxygen atoms in total. The van der Waals surface area contributed by atoms with Crippen molar-refractivity contribution in [2.45, 2.75) is 6.92 Å². The summed E-state index contributed by atoms with van der Waals surface area (Å²) in [5, 5.41) is 11.8. The van der Waals surface area contributed by atoms with Crippen LogP contribution in [0.15, 0.2) is 72.3 Å². The molecule has 0 N–H and O–H groups in total. The van der Waals surface area contributed by atoms with Gasteiger partial charge in [0.25, 0.3) is 5.91 Å². The summed E-state index contributed by atoms with van der Waals surface area (Å²) in [5.41, 5.74) is 2.06. The van der Waals surface area contributed by atoms with E-state index in [1.54, 1.807) is 11.0 Å². The van der Waals surface area contributed by atoms with Crippen molar-refractivity contribution in [1.82, 2.24) is 4.90 Å². The van der Waals surface area contributed by atoms with Crippen LogP contribution in [0.1, 0.15) is 12.5 Å². The van der Waals surface area contributed by atoms with Gasteiger partial charge in [0.2, 0.25) is 0 Å². The maximum Gasteiger partial charge on any atom is 0.264 e. The van der Waals surface area contributed by atoms with E-state index in [1.165, 1.54) is 0 Å². The summed E-state index contributed by atoms with van der Waals surface area (Å²) in [4.78, 5) is 17.2. The average molecular weight is 412 g/mol. The van der Waals surface area contributed by atoms with Crippen molar-refractivity contribution in [3.05, 3.63) is 77.9 Å². The number of nitriles is 1. The van der Waals surface area contributed by atoms with Crippen LogP contribution in [0.4, 0.5) is 5.69 Å². The van der Waals surface area contributed by atoms with Gasteiger partial charge in [0.05, 0.1) is 6.61 Å². The van der Waals surface area contributed by atoms with E-state index in [0.29, 0.717) is 25.4 Å². The number of fused-ring (bicyclic) bond motifs is 1. The van der Waals surface area contributed by atoms with Crippen LogP contribution < -0.4 is 9.64 Å². The number of para-hydroxylation sites is 1. The van der Waals surface area contributed by atoms with Gasteiger partial charge in [-0.1, -0.05) is 48.5 Å². The lowest BCUT2D eigenvalue weighted by Gasteiger charge is -2.36. The molecule has 0 aliphatic carbocycles. The Morgan fingerprint density at radius 2 is 1.71 bits per heavy atom. The predicted molar refractivity (Wildman–Crippen MR) is 124 cm³/mol. The first-order valence-electron chi connectivity index (χ1n) is 10.6. The Labute approximate surface area is 182 Å². The molecule has 3 aromatic carbocycles. The SMILES string of the molecule is CCOc1ccc2ccccc2c1/C=C(\C#N)C(=O)N1CCN(c2ccccc2)CC1. The number of nitrogens with zero attached hydrogens (tertiary/aromatic N) is 3. The van der Waals surface area contributed by atoms with Crippen molar-refractivity contribution in [2.75, 3.05) is 37.7 Å². The van der Waals surface area contributed by atoms with Crippen molar-refractivity contribution in [2.24, 2.45) is 0 Å². The zero-order valence-corrected chi connectivity index (χ0v) is 17.6. The van der Waals surface area contributed by atoms with Crippen LogP contribution in [0.2, 0.25) is 0 Å². The van der Waals surface area contributed by atoms with E-state index in [4.69, 9.17) is 4.74 Å². The monoisotopic (exact) mass is 411 g/mol. The average Bonchev–Trinajstić information content (AvgIpc) is 2.84. The van der Waals surface area contributed by atoms with Crippen LogP contribution in [0, 0.1) is 11.3 Å². The van der Waals surface area contributed by atoms with Gasteiger partial charge in [-0.15, -0.1) is 0 Å². The van der Waals surface area contributed by atoms with Crippen LogP contribution >= 0.6 is 0 Å². The number of piperazine rings is 1. The molecule has 3 aromatic rings. The number of carbonyl (C=O) groups excluding carboxylic acids is 1. The molecule has 0 aromatic heterocycles. The lowest BCUT2D eigenvalue weighted by molar-refractivity contribution is -0.126. The molecule has 0 spiro atoms. The Bertz CT molecular complexity index is 1140. The zero-order valence-electron chi connectivity index (χ0n) is 17.6. The zero-order chi connectivity index (χ0) is 21.6. The second-order valence-electron chi connectivity index (χ2n) is 7.42. The molecular weight excluding hydrogens is 386 g/mol. The molecule has 1 heterocycles. The molecule has 1 aliphatic rings. The number of benzene rings is 3. The fourth-order valence-corrected chi connectivity index (χ4v) is 3.97. The molecule has 4 rings (SSSR count). The van der Waals surface area contributed by atoms with E-state index in [1.807, 2.05) is 61.5 Å². The van der Waals surface area contributed by atoms with Crippen LogP contribution in [0.25, 0.3) is 16.8 Å². The van der Waals surface area contributed by atoms with E-state index in [-0.39, 0.29) is 11.5 Å². The summed E-state index contributed by atoms with van der Waals surface area (Å²) in [6, 6.07) is 24.1. The van der Waals surface area contributed by atoms with Crippen LogP contribution in [-0.4, -0.2) is 43.6 Å². The van der Waals surface area contributed by atoms with E-state index < -0.39 is 0 Å². The number of hydrogen-bond donors (Lipinski definition) is 0. The number of hydrogen-bond acceptors (Lipinski definition) is 4. The first kappa shape index (κ1) is 20.5. The Hall–Kier alpha value is -3.78. The smallest absolute Gasteiger partial charge is 0.264 e. The molecule has 1 aliphatic heterocycles. The van der Waals surface area contributed by atoms with Gasteiger partial charge >= 0.3 is 0 Å². The first-order valence-corrected chi connectivity index (χ1v) is 10.6. The van der Waals surface area contributed by atoms with Crippen molar-refractivity contribution in [3.63, 3.8) is 0 Å². The number of anilines is 1. The van der Waals surface area contributed by atoms with E-state index in [0.717, 1.165) is 35.1 Å². The Morgan fingerprint density at radius 1 is 1.00 bits per heavy atom. The Kier molecular flexibility index (Phi) is 6.18. The Morgan fingerprint density at radius 3 is 2.42 bits per heavy atom. The molecule has 0 saturated carbocycles. The van der Waals surface area contributed by atoms with Gasteiger partial charge in [-0.25, -0.2) is 0 Å². The third-order valence-electron chi connectivity index (χ3n) is 5.56. The molecule has 0 radical (unpaired) electrons. The number of ether oxygens (including phenoxy) is 1. The van der Waals surface area contributed by atoms with Crippen LogP contribution in [0.3, 0.4) is 0 Å². The topological polar surface area (TPSA) is 56.6 Å². The fourth-order valence-electron chi connectivity index (χ4n) is 3.97. The molecule has 156 valence electrons. The molecule has 1 fully saturated rings. The number of carbonyl (C=O) groups is 1. The minimum atomic E-state index is -0.231. The van der Waals surface area contributed by atoms with Gasteiger partial charge in [-0.2, -0.15) is 5.26 Å². The van der Waals surface area contributed by atoms with Crippen molar-refractivity contribution in [1.29, 1.82) is 5.26 Å². The molecular formula is C26H25N3O2. The second-order valence-corrected chi connectivity index (χ2v) is 7.42. The lowest BCUT2D eigenvalue weighted by atomic mass is 10.0. The summed E-state index contributed by atoms with van der Waals surface area (Å²) < 4.78 is 5.79. The van der Waals surface area contributed by atoms with Crippen molar-refractivity contribution < 1.29 is 9.53 Å². The molecule has 5 heteroatoms. The van der Waals surface area contributed by atoms with Gasteiger partial charge in [-0.05, 0) is 42.0 Å². The van der Waals surface area contributed by atoms with Gasteiger partial charge in [0, 0.05) is 37.4 Å². The summed E-state index contributed by atoms with van der Waals surface area (Å²) in [6.45, 7) is 5.09. The first-order chi connectivity index (χ1) is 15.2. The maximum absolute atomic E-state index is 13.2. The predicted octanol–water partition coefficient (Wildman–Crippen LogP) is 4.49. The Balaban J connectivity index is 1.59. The van der Waals surface area contributed by atoms with Crippen molar-refractivity contribution in [3.8, 4) is 11.8 Å². The highest BCUT2D eigenvalue weighted by Crippen LogP contribution is 2.30. The standard InChI is InChI=1S/C26H25N3O2/c1-2-31-25-13-12-20-8-6-7-11-23(20)24(25)18-21(19-27)26(30)29-16-14-28(15-17-29)22-9-4-3-5-10-22/h3-13,18H,2,14-17H2,1H3/b21-18+. The molecule has 1 amide bonds. The molecule has 1 saturated heterocycles. The third-order valence-corrected chi connectivity index (χ3v) is 5.56. The minimum absolute atomic E-state index is 0.130.